The van der Waals surface area contributed by atoms with E-state index in [2.05, 4.69) is 10.6 Å². The molecule has 0 saturated carbocycles. The molecule has 1 amide bonds. The molecule has 0 saturated heterocycles. The fourth-order valence-electron chi connectivity index (χ4n) is 2.01. The molecule has 8 nitrogen and oxygen atoms in total. The van der Waals surface area contributed by atoms with Gasteiger partial charge in [0.2, 0.25) is 0 Å². The summed E-state index contributed by atoms with van der Waals surface area (Å²) in [5.41, 5.74) is 0.712. The van der Waals surface area contributed by atoms with Gasteiger partial charge in [0.15, 0.2) is 6.61 Å². The number of thioether (sulfide) groups is 1. The number of anilines is 1. The van der Waals surface area contributed by atoms with Crippen LogP contribution in [0.3, 0.4) is 0 Å². The van der Waals surface area contributed by atoms with Crippen LogP contribution in [0, 0.1) is 10.1 Å². The van der Waals surface area contributed by atoms with Crippen molar-refractivity contribution in [3.8, 4) is 0 Å². The lowest BCUT2D eigenvalue weighted by Gasteiger charge is -2.08. The Morgan fingerprint density at radius 3 is 2.46 bits per heavy atom. The molecule has 0 radical (unpaired) electrons. The van der Waals surface area contributed by atoms with E-state index in [1.807, 2.05) is 30.3 Å². The number of nitro groups is 1. The van der Waals surface area contributed by atoms with E-state index in [9.17, 15) is 19.7 Å². The fourth-order valence-corrected chi connectivity index (χ4v) is 2.66. The molecule has 28 heavy (non-hydrogen) atoms. The van der Waals surface area contributed by atoms with Crippen LogP contribution < -0.4 is 10.6 Å². The first kappa shape index (κ1) is 21.0. The summed E-state index contributed by atoms with van der Waals surface area (Å²) in [6, 6.07) is 15.5. The smallest absolute Gasteiger partial charge is 0.331 e. The van der Waals surface area contributed by atoms with Gasteiger partial charge in [0.25, 0.3) is 11.6 Å². The van der Waals surface area contributed by atoms with Crippen LogP contribution in [0.5, 0.6) is 0 Å². The predicted molar refractivity (Wildman–Crippen MR) is 107 cm³/mol. The molecule has 146 valence electrons. The van der Waals surface area contributed by atoms with Crippen LogP contribution in [-0.4, -0.2) is 36.5 Å². The molecule has 0 aliphatic rings. The van der Waals surface area contributed by atoms with Crippen molar-refractivity contribution in [1.29, 1.82) is 0 Å². The maximum atomic E-state index is 11.7. The van der Waals surface area contributed by atoms with E-state index >= 15 is 0 Å². The van der Waals surface area contributed by atoms with Gasteiger partial charge in [0.05, 0.1) is 4.92 Å². The van der Waals surface area contributed by atoms with Gasteiger partial charge in [0, 0.05) is 41.9 Å². The van der Waals surface area contributed by atoms with Crippen LogP contribution in [0.25, 0.3) is 0 Å². The van der Waals surface area contributed by atoms with E-state index in [4.69, 9.17) is 4.74 Å². The van der Waals surface area contributed by atoms with Crippen LogP contribution in [0.4, 0.5) is 11.4 Å². The summed E-state index contributed by atoms with van der Waals surface area (Å²) in [6.45, 7) is 0.370. The second-order valence-electron chi connectivity index (χ2n) is 5.42. The average molecular weight is 401 g/mol. The number of carbonyl (C=O) groups is 2. The molecule has 0 bridgehead atoms. The Morgan fingerprint density at radius 1 is 1.07 bits per heavy atom. The molecule has 2 rings (SSSR count). The fraction of sp³-hybridized carbons (Fsp3) is 0.158. The number of nitrogens with one attached hydrogen (secondary N) is 2. The number of ether oxygens (including phenoxy) is 1. The van der Waals surface area contributed by atoms with Gasteiger partial charge in [0.1, 0.15) is 0 Å². The van der Waals surface area contributed by atoms with Crippen molar-refractivity contribution in [3.05, 3.63) is 76.2 Å². The molecule has 2 aromatic rings. The normalized spacial score (nSPS) is 10.4. The third-order valence-corrected chi connectivity index (χ3v) is 4.17. The van der Waals surface area contributed by atoms with E-state index in [1.165, 1.54) is 30.0 Å². The Labute approximate surface area is 166 Å². The summed E-state index contributed by atoms with van der Waals surface area (Å²) >= 11 is 1.37. The summed E-state index contributed by atoms with van der Waals surface area (Å²) in [7, 11) is 0. The zero-order valence-electron chi connectivity index (χ0n) is 14.9. The van der Waals surface area contributed by atoms with Crippen molar-refractivity contribution in [3.63, 3.8) is 0 Å². The highest BCUT2D eigenvalue weighted by Gasteiger charge is 2.05. The molecule has 9 heteroatoms. The van der Waals surface area contributed by atoms with Crippen LogP contribution in [-0.2, 0) is 14.3 Å². The molecule has 2 N–H and O–H groups in total. The van der Waals surface area contributed by atoms with E-state index in [-0.39, 0.29) is 12.3 Å². The highest BCUT2D eigenvalue weighted by molar-refractivity contribution is 8.02. The first-order valence-electron chi connectivity index (χ1n) is 8.34. The number of benzene rings is 2. The Morgan fingerprint density at radius 2 is 1.79 bits per heavy atom. The standard InChI is InChI=1S/C19H19N3O5S/c23-18(14-27-19(24)10-13-28-17-4-2-1-3-5-17)21-12-11-20-15-6-8-16(9-7-15)22(25)26/h1-10,13,20H,11-12,14H2,(H,21,23)/b13-10+. The van der Waals surface area contributed by atoms with E-state index in [1.54, 1.807) is 17.5 Å². The summed E-state index contributed by atoms with van der Waals surface area (Å²) in [4.78, 5) is 34.3. The molecule has 2 aromatic carbocycles. The topological polar surface area (TPSA) is 111 Å². The minimum Gasteiger partial charge on any atom is -0.452 e. The first-order valence-corrected chi connectivity index (χ1v) is 9.22. The van der Waals surface area contributed by atoms with Crippen LogP contribution >= 0.6 is 11.8 Å². The van der Waals surface area contributed by atoms with Gasteiger partial charge in [-0.05, 0) is 29.7 Å². The Kier molecular flexibility index (Phi) is 8.54. The summed E-state index contributed by atoms with van der Waals surface area (Å²) < 4.78 is 4.86. The molecule has 0 atom stereocenters. The number of carbonyl (C=O) groups excluding carboxylic acids is 2. The SMILES string of the molecule is O=C(COC(=O)/C=C/Sc1ccccc1)NCCNc1ccc([N+](=O)[O-])cc1. The van der Waals surface area contributed by atoms with Gasteiger partial charge in [-0.15, -0.1) is 0 Å². The van der Waals surface area contributed by atoms with Crippen molar-refractivity contribution in [2.24, 2.45) is 0 Å². The number of nitro benzene ring substituents is 1. The third-order valence-electron chi connectivity index (χ3n) is 3.35. The minimum atomic E-state index is -0.595. The molecule has 0 aliphatic heterocycles. The summed E-state index contributed by atoms with van der Waals surface area (Å²) in [6.07, 6.45) is 1.26. The third kappa shape index (κ3) is 7.92. The van der Waals surface area contributed by atoms with Gasteiger partial charge in [-0.1, -0.05) is 30.0 Å². The van der Waals surface area contributed by atoms with E-state index in [0.717, 1.165) is 4.90 Å². The van der Waals surface area contributed by atoms with Gasteiger partial charge in [-0.3, -0.25) is 14.9 Å². The second kappa shape index (κ2) is 11.4. The molecule has 0 aromatic heterocycles. The molecule has 0 heterocycles. The molecular weight excluding hydrogens is 382 g/mol. The minimum absolute atomic E-state index is 0.0110. The number of rotatable bonds is 10. The largest absolute Gasteiger partial charge is 0.452 e. The Hall–Kier alpha value is -3.33. The van der Waals surface area contributed by atoms with Crippen molar-refractivity contribution < 1.29 is 19.2 Å². The maximum absolute atomic E-state index is 11.7. The van der Waals surface area contributed by atoms with Crippen molar-refractivity contribution in [1.82, 2.24) is 5.32 Å². The van der Waals surface area contributed by atoms with E-state index in [0.29, 0.717) is 18.8 Å². The lowest BCUT2D eigenvalue weighted by Crippen LogP contribution is -2.32. The van der Waals surface area contributed by atoms with Crippen molar-refractivity contribution in [2.75, 3.05) is 25.0 Å². The second-order valence-corrected chi connectivity index (χ2v) is 6.40. The zero-order chi connectivity index (χ0) is 20.2. The maximum Gasteiger partial charge on any atom is 0.331 e. The average Bonchev–Trinajstić information content (AvgIpc) is 2.71. The lowest BCUT2D eigenvalue weighted by molar-refractivity contribution is -0.384. The number of hydrogen-bond donors (Lipinski definition) is 2. The molecule has 0 unspecified atom stereocenters. The number of amides is 1. The van der Waals surface area contributed by atoms with Gasteiger partial charge in [-0.2, -0.15) is 0 Å². The number of non-ortho nitro benzene ring substituents is 1. The number of nitrogens with zero attached hydrogens (tertiary/aromatic N) is 1. The molecule has 0 aliphatic carbocycles. The summed E-state index contributed by atoms with van der Waals surface area (Å²) in [5.74, 6) is -1.01. The highest BCUT2D eigenvalue weighted by Crippen LogP contribution is 2.17. The van der Waals surface area contributed by atoms with Crippen molar-refractivity contribution >= 4 is 35.0 Å². The van der Waals surface area contributed by atoms with Crippen LogP contribution in [0.15, 0.2) is 71.0 Å². The van der Waals surface area contributed by atoms with Crippen molar-refractivity contribution in [2.45, 2.75) is 4.90 Å². The van der Waals surface area contributed by atoms with Crippen LogP contribution in [0.1, 0.15) is 0 Å². The quantitative estimate of drug-likeness (QED) is 0.157. The predicted octanol–water partition coefficient (Wildman–Crippen LogP) is 2.97. The molecule has 0 fully saturated rings. The van der Waals surface area contributed by atoms with Gasteiger partial charge in [-0.25, -0.2) is 4.79 Å². The number of esters is 1. The lowest BCUT2D eigenvalue weighted by atomic mass is 10.3. The highest BCUT2D eigenvalue weighted by atomic mass is 32.2. The van der Waals surface area contributed by atoms with Crippen LogP contribution in [0.2, 0.25) is 0 Å². The molecule has 0 spiro atoms. The Bertz CT molecular complexity index is 825. The van der Waals surface area contributed by atoms with Gasteiger partial charge >= 0.3 is 5.97 Å². The first-order chi connectivity index (χ1) is 13.5. The van der Waals surface area contributed by atoms with Gasteiger partial charge < -0.3 is 15.4 Å². The molecular formula is C19H19N3O5S. The zero-order valence-corrected chi connectivity index (χ0v) is 15.7. The summed E-state index contributed by atoms with van der Waals surface area (Å²) in [5, 5.41) is 17.8. The number of hydrogen-bond acceptors (Lipinski definition) is 7. The monoisotopic (exact) mass is 401 g/mol. The Balaban J connectivity index is 1.58. The van der Waals surface area contributed by atoms with E-state index < -0.39 is 16.8 Å².